The molecule has 0 N–H and O–H groups in total. The molecule has 3 aromatic rings. The van der Waals surface area contributed by atoms with Crippen molar-refractivity contribution >= 4 is 34.6 Å². The largest absolute Gasteiger partial charge is 0.496 e. The van der Waals surface area contributed by atoms with Crippen LogP contribution in [-0.4, -0.2) is 38.0 Å². The lowest BCUT2D eigenvalue weighted by Crippen LogP contribution is -2.24. The monoisotopic (exact) mass is 542 g/mol. The zero-order valence-electron chi connectivity index (χ0n) is 23.2. The van der Waals surface area contributed by atoms with Gasteiger partial charge in [0, 0.05) is 29.7 Å². The van der Waals surface area contributed by atoms with Gasteiger partial charge in [0.25, 0.3) is 0 Å². The average Bonchev–Trinajstić information content (AvgIpc) is 2.94. The van der Waals surface area contributed by atoms with Gasteiger partial charge in [0.05, 0.1) is 26.7 Å². The maximum absolute atomic E-state index is 13.7. The summed E-state index contributed by atoms with van der Waals surface area (Å²) in [5.74, 6) is 0.375. The molecule has 0 aliphatic carbocycles. The van der Waals surface area contributed by atoms with Crippen molar-refractivity contribution in [3.8, 4) is 17.2 Å². The number of fused-ring (bicyclic) bond motifs is 3. The summed E-state index contributed by atoms with van der Waals surface area (Å²) in [6.45, 7) is 1.84. The van der Waals surface area contributed by atoms with Gasteiger partial charge in [0.2, 0.25) is 0 Å². The van der Waals surface area contributed by atoms with Crippen molar-refractivity contribution in [2.24, 2.45) is 0 Å². The number of cyclic esters (lactones) is 1. The van der Waals surface area contributed by atoms with E-state index in [0.717, 1.165) is 28.5 Å². The van der Waals surface area contributed by atoms with E-state index in [9.17, 15) is 14.4 Å². The van der Waals surface area contributed by atoms with E-state index in [-0.39, 0.29) is 24.3 Å². The molecule has 2 aliphatic rings. The van der Waals surface area contributed by atoms with Crippen LogP contribution in [0.3, 0.4) is 0 Å². The number of esters is 2. The highest BCUT2D eigenvalue weighted by atomic mass is 16.5. The van der Waals surface area contributed by atoms with Crippen molar-refractivity contribution in [2.45, 2.75) is 63.9 Å². The Hall–Kier alpha value is -4.13. The van der Waals surface area contributed by atoms with Crippen LogP contribution in [0.2, 0.25) is 0 Å². The van der Waals surface area contributed by atoms with E-state index in [4.69, 9.17) is 18.9 Å². The second kappa shape index (κ2) is 11.9. The Bertz CT molecular complexity index is 1490. The summed E-state index contributed by atoms with van der Waals surface area (Å²) in [6.07, 6.45) is 7.14. The maximum atomic E-state index is 13.7. The summed E-state index contributed by atoms with van der Waals surface area (Å²) < 4.78 is 23.2. The van der Waals surface area contributed by atoms with Crippen LogP contribution in [0, 0.1) is 0 Å². The molecule has 40 heavy (non-hydrogen) atoms. The molecule has 0 aromatic heterocycles. The number of methoxy groups -OCH3 is 2. The van der Waals surface area contributed by atoms with Crippen LogP contribution in [0.15, 0.2) is 48.5 Å². The first-order valence-corrected chi connectivity index (χ1v) is 13.8. The highest BCUT2D eigenvalue weighted by molar-refractivity contribution is 5.99. The number of allylic oxidation sites excluding steroid dienone is 1. The standard InChI is InChI=1S/C33H34O7/c1-20-10-9-13-22(34)12-6-4-5-11-21-18-28-31(32(38-3)30(21)33(36)39-20)26(19-29(35)40-28)24-16-17-27(37-2)25-15-8-7-14-23(24)25/h5,7-8,11,14-18,20,26H,4,6,9-10,12-13,19H2,1-3H3. The molecule has 2 heterocycles. The van der Waals surface area contributed by atoms with Gasteiger partial charge in [0.15, 0.2) is 0 Å². The lowest BCUT2D eigenvalue weighted by Gasteiger charge is -2.29. The molecule has 2 unspecified atom stereocenters. The van der Waals surface area contributed by atoms with E-state index in [1.54, 1.807) is 13.2 Å². The third-order valence-corrected chi connectivity index (χ3v) is 7.68. The number of carbonyl (C=O) groups is 3. The molecule has 0 bridgehead atoms. The summed E-state index contributed by atoms with van der Waals surface area (Å²) >= 11 is 0. The number of ether oxygens (including phenoxy) is 4. The van der Waals surface area contributed by atoms with E-state index < -0.39 is 11.9 Å². The SMILES string of the molecule is COc1c2c(cc3c1C(c1ccc(OC)c4ccccc14)CC(=O)O3)C=CCCCC(=O)CCCC(C)OC2=O. The van der Waals surface area contributed by atoms with Crippen LogP contribution in [0.1, 0.15) is 84.8 Å². The molecule has 2 atom stereocenters. The number of rotatable bonds is 3. The van der Waals surface area contributed by atoms with Gasteiger partial charge >= 0.3 is 11.9 Å². The summed E-state index contributed by atoms with van der Waals surface area (Å²) in [5.41, 5.74) is 2.40. The van der Waals surface area contributed by atoms with E-state index >= 15 is 0 Å². The third-order valence-electron chi connectivity index (χ3n) is 7.68. The maximum Gasteiger partial charge on any atom is 0.342 e. The van der Waals surface area contributed by atoms with Gasteiger partial charge in [0.1, 0.15) is 28.6 Å². The number of carbonyl (C=O) groups excluding carboxylic acids is 3. The Labute approximate surface area is 234 Å². The minimum Gasteiger partial charge on any atom is -0.496 e. The number of Topliss-reactive ketones (excluding diaryl/α,β-unsaturated/α-hetero) is 1. The van der Waals surface area contributed by atoms with E-state index in [0.29, 0.717) is 60.3 Å². The predicted octanol–water partition coefficient (Wildman–Crippen LogP) is 6.78. The number of hydrogen-bond acceptors (Lipinski definition) is 7. The van der Waals surface area contributed by atoms with Crippen LogP contribution in [-0.2, 0) is 14.3 Å². The normalized spacial score (nSPS) is 20.1. The highest BCUT2D eigenvalue weighted by Crippen LogP contribution is 2.49. The van der Waals surface area contributed by atoms with Crippen LogP contribution in [0.4, 0.5) is 0 Å². The summed E-state index contributed by atoms with van der Waals surface area (Å²) in [6, 6.07) is 13.5. The second-order valence-electron chi connectivity index (χ2n) is 10.4. The van der Waals surface area contributed by atoms with Crippen LogP contribution < -0.4 is 14.2 Å². The Morgan fingerprint density at radius 3 is 2.48 bits per heavy atom. The molecule has 0 fully saturated rings. The molecule has 3 aromatic carbocycles. The topological polar surface area (TPSA) is 88.1 Å². The molecule has 5 rings (SSSR count). The van der Waals surface area contributed by atoms with Crippen LogP contribution in [0.5, 0.6) is 17.2 Å². The first kappa shape index (κ1) is 27.4. The Morgan fingerprint density at radius 1 is 0.925 bits per heavy atom. The summed E-state index contributed by atoms with van der Waals surface area (Å²) in [4.78, 5) is 38.8. The Kier molecular flexibility index (Phi) is 8.19. The summed E-state index contributed by atoms with van der Waals surface area (Å²) in [5, 5.41) is 1.87. The highest BCUT2D eigenvalue weighted by Gasteiger charge is 2.37. The Balaban J connectivity index is 1.69. The zero-order chi connectivity index (χ0) is 28.2. The first-order chi connectivity index (χ1) is 19.4. The third kappa shape index (κ3) is 5.46. The van der Waals surface area contributed by atoms with Gasteiger partial charge in [-0.3, -0.25) is 9.59 Å². The number of hydrogen-bond donors (Lipinski definition) is 0. The molecule has 7 nitrogen and oxygen atoms in total. The fraction of sp³-hybridized carbons (Fsp3) is 0.364. The number of benzene rings is 3. The smallest absolute Gasteiger partial charge is 0.342 e. The van der Waals surface area contributed by atoms with Crippen LogP contribution >= 0.6 is 0 Å². The zero-order valence-corrected chi connectivity index (χ0v) is 23.2. The molecular formula is C33H34O7. The average molecular weight is 543 g/mol. The van der Waals surface area contributed by atoms with Crippen LogP contribution in [0.25, 0.3) is 16.8 Å². The molecule has 2 aliphatic heterocycles. The van der Waals surface area contributed by atoms with Crippen molar-refractivity contribution in [3.05, 3.63) is 70.8 Å². The van der Waals surface area contributed by atoms with Gasteiger partial charge in [-0.15, -0.1) is 0 Å². The minimum atomic E-state index is -0.509. The quantitative estimate of drug-likeness (QED) is 0.266. The van der Waals surface area contributed by atoms with E-state index in [1.807, 2.05) is 55.5 Å². The van der Waals surface area contributed by atoms with Gasteiger partial charge in [-0.1, -0.05) is 42.5 Å². The second-order valence-corrected chi connectivity index (χ2v) is 10.4. The number of ketones is 1. The molecule has 208 valence electrons. The van der Waals surface area contributed by atoms with Crippen molar-refractivity contribution in [2.75, 3.05) is 14.2 Å². The molecule has 0 spiro atoms. The lowest BCUT2D eigenvalue weighted by molar-refractivity contribution is -0.135. The fourth-order valence-corrected chi connectivity index (χ4v) is 5.75. The first-order valence-electron chi connectivity index (χ1n) is 13.8. The molecule has 0 saturated carbocycles. The molecule has 7 heteroatoms. The van der Waals surface area contributed by atoms with Crippen molar-refractivity contribution in [3.63, 3.8) is 0 Å². The molecule has 0 radical (unpaired) electrons. The van der Waals surface area contributed by atoms with Crippen molar-refractivity contribution < 1.29 is 33.3 Å². The lowest BCUT2D eigenvalue weighted by atomic mass is 9.81. The van der Waals surface area contributed by atoms with Gasteiger partial charge in [-0.25, -0.2) is 4.79 Å². The van der Waals surface area contributed by atoms with Gasteiger partial charge in [-0.05, 0) is 61.3 Å². The molecule has 0 amide bonds. The van der Waals surface area contributed by atoms with Gasteiger partial charge < -0.3 is 18.9 Å². The van der Waals surface area contributed by atoms with E-state index in [1.165, 1.54) is 7.11 Å². The van der Waals surface area contributed by atoms with Gasteiger partial charge in [-0.2, -0.15) is 0 Å². The predicted molar refractivity (Wildman–Crippen MR) is 152 cm³/mol. The fourth-order valence-electron chi connectivity index (χ4n) is 5.75. The summed E-state index contributed by atoms with van der Waals surface area (Å²) in [7, 11) is 3.15. The molecular weight excluding hydrogens is 508 g/mol. The van der Waals surface area contributed by atoms with Crippen molar-refractivity contribution in [1.82, 2.24) is 0 Å². The minimum absolute atomic E-state index is 0.0911. The van der Waals surface area contributed by atoms with E-state index in [2.05, 4.69) is 0 Å². The van der Waals surface area contributed by atoms with Crippen molar-refractivity contribution in [1.29, 1.82) is 0 Å². The molecule has 0 saturated heterocycles. The Morgan fingerprint density at radius 2 is 1.70 bits per heavy atom.